The zero-order chi connectivity index (χ0) is 32.8. The molecule has 0 unspecified atom stereocenters. The van der Waals surface area contributed by atoms with Crippen LogP contribution < -0.4 is 21.3 Å². The van der Waals surface area contributed by atoms with Crippen LogP contribution in [0.2, 0.25) is 0 Å². The normalized spacial score (nSPS) is 22.7. The second-order valence-electron chi connectivity index (χ2n) is 13.3. The zero-order valence-electron chi connectivity index (χ0n) is 26.9. The van der Waals surface area contributed by atoms with Gasteiger partial charge in [0.15, 0.2) is 0 Å². The van der Waals surface area contributed by atoms with E-state index in [1.165, 1.54) is 18.6 Å². The van der Waals surface area contributed by atoms with E-state index in [9.17, 15) is 28.8 Å². The van der Waals surface area contributed by atoms with Crippen molar-refractivity contribution in [1.29, 1.82) is 0 Å². The predicted molar refractivity (Wildman–Crippen MR) is 164 cm³/mol. The molecule has 5 amide bonds. The molecule has 1 aromatic rings. The molecule has 1 saturated heterocycles. The van der Waals surface area contributed by atoms with Gasteiger partial charge in [-0.1, -0.05) is 47.5 Å². The Balaban J connectivity index is 1.50. The van der Waals surface area contributed by atoms with Crippen molar-refractivity contribution < 1.29 is 28.8 Å². The first-order chi connectivity index (χ1) is 21.4. The maximum absolute atomic E-state index is 14.2. The molecular formula is C32H47N7O6. The van der Waals surface area contributed by atoms with Gasteiger partial charge in [0.1, 0.15) is 23.8 Å². The van der Waals surface area contributed by atoms with Crippen LogP contribution in [-0.2, 0) is 24.0 Å². The number of fused-ring (bicyclic) bond motifs is 1. The highest BCUT2D eigenvalue weighted by atomic mass is 16.2. The summed E-state index contributed by atoms with van der Waals surface area (Å²) in [4.78, 5) is 89.4. The standard InChI is InChI=1S/C32H47N7O6/c1-6-8-22(27(40)31(44)35-20-11-12-20)36-30(43)26-21-10-7-9-19(21)16-39(26)32(45)25(18(4)5)38-29(42)24(17(2)3)37-28(41)23-15-33-13-14-34-23/h13-15,17-22,24-26H,6-12,16H2,1-5H3,(H,35,44)(H,36,43)(H,37,41)(H,38,42)/t19-,21-,22-,24-,25-,26-/m0/s1. The summed E-state index contributed by atoms with van der Waals surface area (Å²) in [6.07, 6.45) is 9.28. The Kier molecular flexibility index (Phi) is 11.3. The summed E-state index contributed by atoms with van der Waals surface area (Å²) >= 11 is 0. The summed E-state index contributed by atoms with van der Waals surface area (Å²) in [5, 5.41) is 11.1. The lowest BCUT2D eigenvalue weighted by molar-refractivity contribution is -0.145. The highest BCUT2D eigenvalue weighted by Crippen LogP contribution is 2.42. The monoisotopic (exact) mass is 625 g/mol. The fraction of sp³-hybridized carbons (Fsp3) is 0.688. The molecule has 2 aliphatic carbocycles. The van der Waals surface area contributed by atoms with Gasteiger partial charge in [-0.15, -0.1) is 0 Å². The van der Waals surface area contributed by atoms with Crippen LogP contribution in [0.4, 0.5) is 0 Å². The molecule has 6 atom stereocenters. The number of likely N-dealkylation sites (tertiary alicyclic amines) is 1. The van der Waals surface area contributed by atoms with Crippen molar-refractivity contribution in [3.63, 3.8) is 0 Å². The fourth-order valence-corrected chi connectivity index (χ4v) is 6.43. The quantitative estimate of drug-likeness (QED) is 0.222. The molecule has 2 heterocycles. The smallest absolute Gasteiger partial charge is 0.289 e. The summed E-state index contributed by atoms with van der Waals surface area (Å²) in [6.45, 7) is 9.44. The molecule has 4 N–H and O–H groups in total. The van der Waals surface area contributed by atoms with Gasteiger partial charge >= 0.3 is 0 Å². The van der Waals surface area contributed by atoms with E-state index in [0.29, 0.717) is 19.4 Å². The molecule has 3 aliphatic rings. The first-order valence-corrected chi connectivity index (χ1v) is 16.3. The van der Waals surface area contributed by atoms with E-state index >= 15 is 0 Å². The molecule has 2 saturated carbocycles. The molecule has 45 heavy (non-hydrogen) atoms. The Morgan fingerprint density at radius 1 is 0.911 bits per heavy atom. The lowest BCUT2D eigenvalue weighted by atomic mass is 9.92. The first kappa shape index (κ1) is 34.0. The third-order valence-corrected chi connectivity index (χ3v) is 9.05. The Hall–Kier alpha value is -3.90. The van der Waals surface area contributed by atoms with Crippen LogP contribution in [0.15, 0.2) is 18.6 Å². The number of nitrogens with zero attached hydrogens (tertiary/aromatic N) is 3. The van der Waals surface area contributed by atoms with Crippen molar-refractivity contribution in [2.24, 2.45) is 23.7 Å². The van der Waals surface area contributed by atoms with Crippen molar-refractivity contribution in [3.05, 3.63) is 24.3 Å². The van der Waals surface area contributed by atoms with E-state index in [0.717, 1.165) is 32.1 Å². The molecule has 0 radical (unpaired) electrons. The van der Waals surface area contributed by atoms with Crippen LogP contribution in [0, 0.1) is 23.7 Å². The van der Waals surface area contributed by atoms with Crippen LogP contribution >= 0.6 is 0 Å². The Morgan fingerprint density at radius 3 is 2.22 bits per heavy atom. The van der Waals surface area contributed by atoms with Crippen molar-refractivity contribution in [2.45, 2.75) is 110 Å². The molecule has 0 spiro atoms. The van der Waals surface area contributed by atoms with Gasteiger partial charge < -0.3 is 26.2 Å². The van der Waals surface area contributed by atoms with Gasteiger partial charge in [0.05, 0.1) is 12.2 Å². The summed E-state index contributed by atoms with van der Waals surface area (Å²) in [6, 6.07) is -3.70. The minimum Gasteiger partial charge on any atom is -0.347 e. The van der Waals surface area contributed by atoms with Crippen LogP contribution in [0.1, 0.15) is 90.1 Å². The van der Waals surface area contributed by atoms with E-state index in [4.69, 9.17) is 0 Å². The molecule has 13 heteroatoms. The third-order valence-electron chi connectivity index (χ3n) is 9.05. The Morgan fingerprint density at radius 2 is 1.62 bits per heavy atom. The first-order valence-electron chi connectivity index (χ1n) is 16.3. The van der Waals surface area contributed by atoms with E-state index in [2.05, 4.69) is 31.2 Å². The van der Waals surface area contributed by atoms with Gasteiger partial charge in [-0.05, 0) is 55.8 Å². The van der Waals surface area contributed by atoms with Crippen LogP contribution in [0.5, 0.6) is 0 Å². The number of hydrogen-bond donors (Lipinski definition) is 4. The lowest BCUT2D eigenvalue weighted by Crippen LogP contribution is -2.60. The second kappa shape index (κ2) is 14.9. The van der Waals surface area contributed by atoms with Gasteiger partial charge in [-0.2, -0.15) is 0 Å². The van der Waals surface area contributed by atoms with Crippen molar-refractivity contribution >= 4 is 35.3 Å². The number of ketones is 1. The Labute approximate surface area is 264 Å². The minimum absolute atomic E-state index is 0.0143. The number of carbonyl (C=O) groups is 6. The molecule has 0 aromatic carbocycles. The summed E-state index contributed by atoms with van der Waals surface area (Å²) < 4.78 is 0. The molecule has 3 fully saturated rings. The SMILES string of the molecule is CCC[C@H](NC(=O)[C@@H]1[C@H]2CCC[C@H]2CN1C(=O)[C@@H](NC(=O)[C@@H](NC(=O)c1cnccn1)C(C)C)C(C)C)C(=O)C(=O)NC1CC1. The molecular weight excluding hydrogens is 578 g/mol. The van der Waals surface area contributed by atoms with Gasteiger partial charge in [0.25, 0.3) is 11.8 Å². The minimum atomic E-state index is -0.982. The average Bonchev–Trinajstić information content (AvgIpc) is 3.57. The van der Waals surface area contributed by atoms with E-state index < -0.39 is 53.6 Å². The maximum Gasteiger partial charge on any atom is 0.289 e. The summed E-state index contributed by atoms with van der Waals surface area (Å²) in [5.74, 6) is -3.87. The molecule has 0 bridgehead atoms. The van der Waals surface area contributed by atoms with Crippen molar-refractivity contribution in [2.75, 3.05) is 6.54 Å². The predicted octanol–water partition coefficient (Wildman–Crippen LogP) is 1.13. The number of amides is 5. The van der Waals surface area contributed by atoms with Gasteiger partial charge in [-0.25, -0.2) is 4.98 Å². The zero-order valence-corrected chi connectivity index (χ0v) is 26.9. The fourth-order valence-electron chi connectivity index (χ4n) is 6.43. The molecule has 246 valence electrons. The Bertz CT molecular complexity index is 1270. The highest BCUT2D eigenvalue weighted by Gasteiger charge is 2.51. The highest BCUT2D eigenvalue weighted by molar-refractivity contribution is 6.38. The number of Topliss-reactive ketones (excluding diaryl/α,β-unsaturated/α-hetero) is 1. The second-order valence-corrected chi connectivity index (χ2v) is 13.3. The lowest BCUT2D eigenvalue weighted by Gasteiger charge is -2.33. The summed E-state index contributed by atoms with van der Waals surface area (Å²) in [5.41, 5.74) is 0.0646. The number of nitrogens with one attached hydrogen (secondary N) is 4. The van der Waals surface area contributed by atoms with Gasteiger partial charge in [-0.3, -0.25) is 33.8 Å². The number of hydrogen-bond acceptors (Lipinski definition) is 8. The topological polar surface area (TPSA) is 180 Å². The van der Waals surface area contributed by atoms with Crippen LogP contribution in [0.25, 0.3) is 0 Å². The number of carbonyl (C=O) groups excluding carboxylic acids is 6. The summed E-state index contributed by atoms with van der Waals surface area (Å²) in [7, 11) is 0. The molecule has 1 aromatic heterocycles. The van der Waals surface area contributed by atoms with E-state index in [-0.39, 0.29) is 41.3 Å². The van der Waals surface area contributed by atoms with E-state index in [1.54, 1.807) is 18.7 Å². The van der Waals surface area contributed by atoms with Crippen LogP contribution in [0.3, 0.4) is 0 Å². The number of rotatable bonds is 14. The van der Waals surface area contributed by atoms with Gasteiger partial charge in [0.2, 0.25) is 23.5 Å². The largest absolute Gasteiger partial charge is 0.347 e. The van der Waals surface area contributed by atoms with E-state index in [1.807, 2.05) is 20.8 Å². The van der Waals surface area contributed by atoms with Crippen LogP contribution in [-0.4, -0.2) is 86.9 Å². The molecule has 13 nitrogen and oxygen atoms in total. The molecule has 1 aliphatic heterocycles. The maximum atomic E-state index is 14.2. The number of aromatic nitrogens is 2. The average molecular weight is 626 g/mol. The van der Waals surface area contributed by atoms with Gasteiger partial charge in [0, 0.05) is 25.0 Å². The molecule has 4 rings (SSSR count). The van der Waals surface area contributed by atoms with Crippen molar-refractivity contribution in [3.8, 4) is 0 Å². The third kappa shape index (κ3) is 8.23. The van der Waals surface area contributed by atoms with Crippen molar-refractivity contribution in [1.82, 2.24) is 36.1 Å².